The van der Waals surface area contributed by atoms with Crippen molar-refractivity contribution in [1.82, 2.24) is 5.32 Å². The highest BCUT2D eigenvalue weighted by Crippen LogP contribution is 2.35. The molecule has 0 bridgehead atoms. The number of nitrogens with one attached hydrogen (secondary N) is 1. The molecular weight excluding hydrogens is 260 g/mol. The Hall–Kier alpha value is -1.00. The molecule has 2 rings (SSSR count). The monoisotopic (exact) mass is 283 g/mol. The molecule has 1 heterocycles. The number of benzene rings is 1. The largest absolute Gasteiger partial charge is 0.381 e. The SMILES string of the molecule is CC(C)(C)NCC1(c2cc(F)cc(F)c2)CCOCC1. The highest BCUT2D eigenvalue weighted by molar-refractivity contribution is 5.28. The fourth-order valence-corrected chi connectivity index (χ4v) is 2.62. The van der Waals surface area contributed by atoms with Crippen LogP contribution in [0.4, 0.5) is 8.78 Å². The van der Waals surface area contributed by atoms with Crippen molar-refractivity contribution in [3.05, 3.63) is 35.4 Å². The van der Waals surface area contributed by atoms with Gasteiger partial charge < -0.3 is 10.1 Å². The van der Waals surface area contributed by atoms with Crippen LogP contribution >= 0.6 is 0 Å². The Balaban J connectivity index is 2.30. The number of halogens is 2. The lowest BCUT2D eigenvalue weighted by Gasteiger charge is -2.40. The van der Waals surface area contributed by atoms with E-state index in [0.29, 0.717) is 19.8 Å². The zero-order chi connectivity index (χ0) is 14.8. The van der Waals surface area contributed by atoms with Gasteiger partial charge in [-0.1, -0.05) is 0 Å². The van der Waals surface area contributed by atoms with E-state index in [1.165, 1.54) is 12.1 Å². The van der Waals surface area contributed by atoms with Crippen LogP contribution in [0.5, 0.6) is 0 Å². The lowest BCUT2D eigenvalue weighted by Crippen LogP contribution is -2.48. The van der Waals surface area contributed by atoms with Crippen LogP contribution in [0, 0.1) is 11.6 Å². The first-order valence-corrected chi connectivity index (χ1v) is 7.10. The van der Waals surface area contributed by atoms with Crippen LogP contribution in [-0.2, 0) is 10.2 Å². The second kappa shape index (κ2) is 5.78. The average Bonchev–Trinajstić information content (AvgIpc) is 2.35. The van der Waals surface area contributed by atoms with E-state index in [1.807, 2.05) is 0 Å². The van der Waals surface area contributed by atoms with Crippen LogP contribution in [-0.4, -0.2) is 25.3 Å². The van der Waals surface area contributed by atoms with E-state index in [9.17, 15) is 8.78 Å². The number of ether oxygens (including phenoxy) is 1. The van der Waals surface area contributed by atoms with Gasteiger partial charge in [0.15, 0.2) is 0 Å². The van der Waals surface area contributed by atoms with E-state index in [1.54, 1.807) is 0 Å². The molecule has 0 aromatic heterocycles. The van der Waals surface area contributed by atoms with Gasteiger partial charge in [-0.3, -0.25) is 0 Å². The molecule has 0 amide bonds. The summed E-state index contributed by atoms with van der Waals surface area (Å²) in [6.45, 7) is 8.22. The van der Waals surface area contributed by atoms with Crippen molar-refractivity contribution in [3.63, 3.8) is 0 Å². The van der Waals surface area contributed by atoms with Crippen LogP contribution in [0.1, 0.15) is 39.2 Å². The van der Waals surface area contributed by atoms with Crippen molar-refractivity contribution >= 4 is 0 Å². The summed E-state index contributed by atoms with van der Waals surface area (Å²) in [5, 5.41) is 3.47. The summed E-state index contributed by atoms with van der Waals surface area (Å²) in [5.41, 5.74) is 0.445. The molecule has 1 saturated heterocycles. The van der Waals surface area contributed by atoms with Gasteiger partial charge in [0, 0.05) is 36.8 Å². The topological polar surface area (TPSA) is 21.3 Å². The molecule has 0 saturated carbocycles. The van der Waals surface area contributed by atoms with E-state index < -0.39 is 11.6 Å². The fraction of sp³-hybridized carbons (Fsp3) is 0.625. The van der Waals surface area contributed by atoms with Gasteiger partial charge in [0.25, 0.3) is 0 Å². The van der Waals surface area contributed by atoms with Crippen molar-refractivity contribution in [2.75, 3.05) is 19.8 Å². The van der Waals surface area contributed by atoms with Gasteiger partial charge in [0.2, 0.25) is 0 Å². The maximum Gasteiger partial charge on any atom is 0.126 e. The summed E-state index contributed by atoms with van der Waals surface area (Å²) in [6.07, 6.45) is 1.55. The second-order valence-corrected chi connectivity index (χ2v) is 6.65. The Kier molecular flexibility index (Phi) is 4.45. The molecule has 1 aromatic carbocycles. The summed E-state index contributed by atoms with van der Waals surface area (Å²) in [4.78, 5) is 0. The molecule has 0 unspecified atom stereocenters. The van der Waals surface area contributed by atoms with Crippen molar-refractivity contribution < 1.29 is 13.5 Å². The first kappa shape index (κ1) is 15.4. The van der Waals surface area contributed by atoms with E-state index in [2.05, 4.69) is 26.1 Å². The van der Waals surface area contributed by atoms with Crippen LogP contribution in [0.2, 0.25) is 0 Å². The maximum absolute atomic E-state index is 13.5. The average molecular weight is 283 g/mol. The predicted octanol–water partition coefficient (Wildman–Crippen LogP) is 3.40. The zero-order valence-electron chi connectivity index (χ0n) is 12.4. The van der Waals surface area contributed by atoms with E-state index in [0.717, 1.165) is 24.5 Å². The van der Waals surface area contributed by atoms with Crippen LogP contribution in [0.3, 0.4) is 0 Å². The molecule has 1 fully saturated rings. The van der Waals surface area contributed by atoms with Gasteiger partial charge >= 0.3 is 0 Å². The quantitative estimate of drug-likeness (QED) is 0.918. The zero-order valence-corrected chi connectivity index (χ0v) is 12.4. The molecular formula is C16H23F2NO. The van der Waals surface area contributed by atoms with Gasteiger partial charge in [0.1, 0.15) is 11.6 Å². The molecule has 0 atom stereocenters. The molecule has 1 aromatic rings. The highest BCUT2D eigenvalue weighted by Gasteiger charge is 2.35. The smallest absolute Gasteiger partial charge is 0.126 e. The van der Waals surface area contributed by atoms with Crippen molar-refractivity contribution in [1.29, 1.82) is 0 Å². The van der Waals surface area contributed by atoms with Crippen molar-refractivity contribution in [2.45, 2.75) is 44.6 Å². The Morgan fingerprint density at radius 2 is 1.65 bits per heavy atom. The van der Waals surface area contributed by atoms with E-state index in [4.69, 9.17) is 4.74 Å². The summed E-state index contributed by atoms with van der Waals surface area (Å²) >= 11 is 0. The third kappa shape index (κ3) is 3.76. The van der Waals surface area contributed by atoms with E-state index in [-0.39, 0.29) is 11.0 Å². The molecule has 1 aliphatic rings. The number of rotatable bonds is 3. The van der Waals surface area contributed by atoms with Gasteiger partial charge in [0.05, 0.1) is 0 Å². The van der Waals surface area contributed by atoms with Crippen molar-refractivity contribution in [3.8, 4) is 0 Å². The van der Waals surface area contributed by atoms with Gasteiger partial charge in [-0.25, -0.2) is 8.78 Å². The van der Waals surface area contributed by atoms with Gasteiger partial charge in [-0.15, -0.1) is 0 Å². The minimum atomic E-state index is -0.512. The minimum Gasteiger partial charge on any atom is -0.381 e. The summed E-state index contributed by atoms with van der Waals surface area (Å²) in [7, 11) is 0. The molecule has 4 heteroatoms. The van der Waals surface area contributed by atoms with Crippen molar-refractivity contribution in [2.24, 2.45) is 0 Å². The summed E-state index contributed by atoms with van der Waals surface area (Å²) < 4.78 is 32.5. The van der Waals surface area contributed by atoms with Crippen LogP contribution in [0.25, 0.3) is 0 Å². The lowest BCUT2D eigenvalue weighted by atomic mass is 9.73. The number of hydrogen-bond acceptors (Lipinski definition) is 2. The third-order valence-electron chi connectivity index (χ3n) is 3.88. The lowest BCUT2D eigenvalue weighted by molar-refractivity contribution is 0.0474. The first-order chi connectivity index (χ1) is 9.31. The molecule has 20 heavy (non-hydrogen) atoms. The minimum absolute atomic E-state index is 0.0306. The Bertz CT molecular complexity index is 442. The second-order valence-electron chi connectivity index (χ2n) is 6.65. The molecule has 0 spiro atoms. The normalized spacial score (nSPS) is 19.1. The molecule has 1 aliphatic heterocycles. The Labute approximate surface area is 119 Å². The van der Waals surface area contributed by atoms with Crippen LogP contribution in [0.15, 0.2) is 18.2 Å². The summed E-state index contributed by atoms with van der Waals surface area (Å²) in [5.74, 6) is -1.02. The highest BCUT2D eigenvalue weighted by atomic mass is 19.1. The first-order valence-electron chi connectivity index (χ1n) is 7.10. The standard InChI is InChI=1S/C16H23F2NO/c1-15(2,3)19-11-16(4-6-20-7-5-16)12-8-13(17)10-14(18)9-12/h8-10,19H,4-7,11H2,1-3H3. The Morgan fingerprint density at radius 1 is 1.10 bits per heavy atom. The van der Waals surface area contributed by atoms with Gasteiger partial charge in [-0.2, -0.15) is 0 Å². The van der Waals surface area contributed by atoms with Gasteiger partial charge in [-0.05, 0) is 51.3 Å². The predicted molar refractivity (Wildman–Crippen MR) is 75.8 cm³/mol. The molecule has 1 N–H and O–H groups in total. The molecule has 112 valence electrons. The molecule has 2 nitrogen and oxygen atoms in total. The summed E-state index contributed by atoms with van der Waals surface area (Å²) in [6, 6.07) is 3.84. The third-order valence-corrected chi connectivity index (χ3v) is 3.88. The maximum atomic E-state index is 13.5. The number of hydrogen-bond donors (Lipinski definition) is 1. The Morgan fingerprint density at radius 3 is 2.15 bits per heavy atom. The van der Waals surface area contributed by atoms with Crippen LogP contribution < -0.4 is 5.32 Å². The fourth-order valence-electron chi connectivity index (χ4n) is 2.62. The van der Waals surface area contributed by atoms with E-state index >= 15 is 0 Å². The molecule has 0 radical (unpaired) electrons. The molecule has 0 aliphatic carbocycles.